The van der Waals surface area contributed by atoms with Crippen molar-refractivity contribution in [3.05, 3.63) is 54.6 Å². The Balaban J connectivity index is 2.01. The number of hydrogen-bond acceptors (Lipinski definition) is 7. The first kappa shape index (κ1) is 18.9. The van der Waals surface area contributed by atoms with Gasteiger partial charge in [0.1, 0.15) is 10.6 Å². The first-order valence-corrected chi connectivity index (χ1v) is 10.3. The minimum atomic E-state index is -4.45. The van der Waals surface area contributed by atoms with Gasteiger partial charge in [0.2, 0.25) is 10.0 Å². The van der Waals surface area contributed by atoms with Crippen molar-refractivity contribution >= 4 is 42.3 Å². The molecule has 3 aromatic rings. The molecule has 0 bridgehead atoms. The molecule has 0 aliphatic carbocycles. The maximum atomic E-state index is 11.4. The van der Waals surface area contributed by atoms with Crippen LogP contribution in [0.15, 0.2) is 74.6 Å². The first-order chi connectivity index (χ1) is 12.6. The zero-order valence-electron chi connectivity index (χ0n) is 13.5. The Morgan fingerprint density at radius 1 is 0.815 bits per heavy atom. The highest BCUT2D eigenvalue weighted by atomic mass is 32.2. The molecule has 0 aromatic heterocycles. The van der Waals surface area contributed by atoms with E-state index < -0.39 is 20.1 Å². The lowest BCUT2D eigenvalue weighted by Gasteiger charge is -2.07. The first-order valence-electron chi connectivity index (χ1n) is 7.34. The topological polar surface area (TPSA) is 159 Å². The molecule has 0 fully saturated rings. The summed E-state index contributed by atoms with van der Waals surface area (Å²) in [6.45, 7) is 0. The Morgan fingerprint density at radius 2 is 1.48 bits per heavy atom. The van der Waals surface area contributed by atoms with Crippen molar-refractivity contribution in [2.75, 3.05) is 0 Å². The molecule has 3 aromatic carbocycles. The summed E-state index contributed by atoms with van der Waals surface area (Å²) in [7, 11) is -8.27. The molecule has 11 heteroatoms. The van der Waals surface area contributed by atoms with Crippen LogP contribution in [0.4, 0.5) is 11.4 Å². The fourth-order valence-corrected chi connectivity index (χ4v) is 3.64. The summed E-state index contributed by atoms with van der Waals surface area (Å²) in [5.74, 6) is -0.317. The van der Waals surface area contributed by atoms with Gasteiger partial charge in [-0.2, -0.15) is 13.5 Å². The number of nitrogens with two attached hydrogens (primary N) is 1. The molecule has 3 rings (SSSR count). The summed E-state index contributed by atoms with van der Waals surface area (Å²) in [5, 5.41) is 23.5. The number of benzene rings is 3. The fraction of sp³-hybridized carbons (Fsp3) is 0. The van der Waals surface area contributed by atoms with Crippen molar-refractivity contribution in [1.29, 1.82) is 0 Å². The number of sulfonamides is 1. The molecule has 0 saturated heterocycles. The molecule has 27 heavy (non-hydrogen) atoms. The third kappa shape index (κ3) is 3.95. The molecule has 0 saturated carbocycles. The second kappa shape index (κ2) is 6.70. The van der Waals surface area contributed by atoms with E-state index in [1.165, 1.54) is 54.6 Å². The van der Waals surface area contributed by atoms with E-state index in [-0.39, 0.29) is 32.0 Å². The van der Waals surface area contributed by atoms with E-state index in [0.717, 1.165) is 0 Å². The highest BCUT2D eigenvalue weighted by Crippen LogP contribution is 2.37. The van der Waals surface area contributed by atoms with Gasteiger partial charge in [0.05, 0.1) is 10.6 Å². The number of phenols is 1. The lowest BCUT2D eigenvalue weighted by atomic mass is 10.1. The molecule has 0 amide bonds. The lowest BCUT2D eigenvalue weighted by molar-refractivity contribution is 0.482. The van der Waals surface area contributed by atoms with Gasteiger partial charge in [0.25, 0.3) is 10.1 Å². The minimum Gasteiger partial charge on any atom is -0.505 e. The number of phenolic OH excluding ortho intramolecular Hbond substituents is 1. The zero-order valence-corrected chi connectivity index (χ0v) is 15.1. The smallest absolute Gasteiger partial charge is 0.295 e. The van der Waals surface area contributed by atoms with Crippen molar-refractivity contribution in [1.82, 2.24) is 0 Å². The molecule has 0 heterocycles. The molecule has 0 aliphatic rings. The number of primary sulfonamides is 1. The van der Waals surface area contributed by atoms with Gasteiger partial charge in [-0.05, 0) is 36.4 Å². The second-order valence-electron chi connectivity index (χ2n) is 5.50. The lowest BCUT2D eigenvalue weighted by Crippen LogP contribution is -2.11. The molecule has 0 aliphatic heterocycles. The minimum absolute atomic E-state index is 0.0607. The van der Waals surface area contributed by atoms with Crippen LogP contribution in [-0.4, -0.2) is 26.5 Å². The molecule has 9 nitrogen and oxygen atoms in total. The molecule has 140 valence electrons. The van der Waals surface area contributed by atoms with Gasteiger partial charge in [0.15, 0.2) is 5.75 Å². The van der Waals surface area contributed by atoms with Gasteiger partial charge in [0, 0.05) is 10.8 Å². The van der Waals surface area contributed by atoms with Crippen LogP contribution in [0.1, 0.15) is 0 Å². The molecule has 0 unspecified atom stereocenters. The van der Waals surface area contributed by atoms with Gasteiger partial charge >= 0.3 is 0 Å². The molecule has 0 radical (unpaired) electrons. The van der Waals surface area contributed by atoms with E-state index in [0.29, 0.717) is 5.69 Å². The van der Waals surface area contributed by atoms with E-state index in [4.69, 9.17) is 5.14 Å². The van der Waals surface area contributed by atoms with Crippen LogP contribution in [0.5, 0.6) is 5.75 Å². The third-order valence-electron chi connectivity index (χ3n) is 3.69. The molecule has 0 atom stereocenters. The Hall–Kier alpha value is -2.86. The summed E-state index contributed by atoms with van der Waals surface area (Å²) >= 11 is 0. The summed E-state index contributed by atoms with van der Waals surface area (Å²) < 4.78 is 54.6. The standard InChI is InChI=1S/C16H13N3O6S2/c17-26(21,22)11-6-4-10(5-7-11)18-19-14-9-8-12-13(16(14)20)2-1-3-15(12)27(23,24)25/h1-9,20H,(H2,17,21,22)(H,23,24,25). The van der Waals surface area contributed by atoms with Crippen LogP contribution in [-0.2, 0) is 20.1 Å². The predicted molar refractivity (Wildman–Crippen MR) is 97.4 cm³/mol. The van der Waals surface area contributed by atoms with E-state index in [9.17, 15) is 26.5 Å². The average Bonchev–Trinajstić information content (AvgIpc) is 2.59. The van der Waals surface area contributed by atoms with Crippen molar-refractivity contribution in [2.24, 2.45) is 15.4 Å². The maximum absolute atomic E-state index is 11.4. The SMILES string of the molecule is NS(=O)(=O)c1ccc(N=Nc2ccc3c(S(=O)(=O)O)cccc3c2O)cc1. The van der Waals surface area contributed by atoms with Gasteiger partial charge in [-0.1, -0.05) is 18.2 Å². The second-order valence-corrected chi connectivity index (χ2v) is 8.45. The van der Waals surface area contributed by atoms with Crippen LogP contribution in [0.25, 0.3) is 10.8 Å². The molecule has 4 N–H and O–H groups in total. The van der Waals surface area contributed by atoms with E-state index >= 15 is 0 Å². The van der Waals surface area contributed by atoms with Crippen LogP contribution in [0, 0.1) is 0 Å². The number of azo groups is 1. The Morgan fingerprint density at radius 3 is 2.07 bits per heavy atom. The van der Waals surface area contributed by atoms with Crippen LogP contribution in [0.3, 0.4) is 0 Å². The summed E-state index contributed by atoms with van der Waals surface area (Å²) in [5.41, 5.74) is 0.374. The van der Waals surface area contributed by atoms with Crippen LogP contribution < -0.4 is 5.14 Å². The maximum Gasteiger partial charge on any atom is 0.295 e. The molecule has 0 spiro atoms. The predicted octanol–water partition coefficient (Wildman–Crippen LogP) is 2.85. The summed E-state index contributed by atoms with van der Waals surface area (Å²) in [4.78, 5) is -0.412. The van der Waals surface area contributed by atoms with Crippen LogP contribution in [0.2, 0.25) is 0 Å². The van der Waals surface area contributed by atoms with E-state index in [1.54, 1.807) is 0 Å². The summed E-state index contributed by atoms with van der Waals surface area (Å²) in [6, 6.07) is 12.1. The quantitative estimate of drug-likeness (QED) is 0.445. The van der Waals surface area contributed by atoms with Gasteiger partial charge in [-0.3, -0.25) is 4.55 Å². The average molecular weight is 407 g/mol. The highest BCUT2D eigenvalue weighted by Gasteiger charge is 2.16. The number of nitrogens with zero attached hydrogens (tertiary/aromatic N) is 2. The Labute approximate surface area is 154 Å². The Kier molecular flexibility index (Phi) is 4.70. The van der Waals surface area contributed by atoms with Crippen LogP contribution >= 0.6 is 0 Å². The highest BCUT2D eigenvalue weighted by molar-refractivity contribution is 7.89. The normalized spacial score (nSPS) is 12.7. The number of fused-ring (bicyclic) bond motifs is 1. The molecular weight excluding hydrogens is 394 g/mol. The van der Waals surface area contributed by atoms with Gasteiger partial charge in [-0.25, -0.2) is 13.6 Å². The zero-order chi connectivity index (χ0) is 19.8. The number of aromatic hydroxyl groups is 1. The van der Waals surface area contributed by atoms with Crippen molar-refractivity contribution < 1.29 is 26.5 Å². The van der Waals surface area contributed by atoms with E-state index in [1.807, 2.05) is 0 Å². The number of hydrogen-bond donors (Lipinski definition) is 3. The van der Waals surface area contributed by atoms with Crippen molar-refractivity contribution in [3.8, 4) is 5.75 Å². The largest absolute Gasteiger partial charge is 0.505 e. The Bertz CT molecular complexity index is 1270. The van der Waals surface area contributed by atoms with Gasteiger partial charge < -0.3 is 5.11 Å². The van der Waals surface area contributed by atoms with Gasteiger partial charge in [-0.15, -0.1) is 5.11 Å². The van der Waals surface area contributed by atoms with E-state index in [2.05, 4.69) is 10.2 Å². The number of rotatable bonds is 4. The fourth-order valence-electron chi connectivity index (χ4n) is 2.42. The van der Waals surface area contributed by atoms with Crippen molar-refractivity contribution in [2.45, 2.75) is 9.79 Å². The molecular formula is C16H13N3O6S2. The monoisotopic (exact) mass is 407 g/mol. The summed E-state index contributed by atoms with van der Waals surface area (Å²) in [6.07, 6.45) is 0. The van der Waals surface area contributed by atoms with Crippen molar-refractivity contribution in [3.63, 3.8) is 0 Å². The third-order valence-corrected chi connectivity index (χ3v) is 5.53.